The van der Waals surface area contributed by atoms with Crippen LogP contribution in [0.4, 0.5) is 5.69 Å². The van der Waals surface area contributed by atoms with E-state index < -0.39 is 4.92 Å². The van der Waals surface area contributed by atoms with E-state index in [0.717, 1.165) is 13.0 Å². The Morgan fingerprint density at radius 2 is 2.19 bits per heavy atom. The Morgan fingerprint density at radius 1 is 1.43 bits per heavy atom. The summed E-state index contributed by atoms with van der Waals surface area (Å²) < 4.78 is 5.64. The molecule has 112 valence electrons. The average molecular weight is 290 g/mol. The van der Waals surface area contributed by atoms with Crippen molar-refractivity contribution in [2.45, 2.75) is 33.2 Å². The Balaban J connectivity index is 2.30. The summed E-state index contributed by atoms with van der Waals surface area (Å²) in [5, 5.41) is 22.2. The molecule has 2 aromatic rings. The third-order valence-electron chi connectivity index (χ3n) is 3.24. The molecular weight excluding hydrogens is 272 g/mol. The molecule has 1 N–H and O–H groups in total. The molecule has 0 amide bonds. The van der Waals surface area contributed by atoms with Gasteiger partial charge < -0.3 is 9.73 Å². The summed E-state index contributed by atoms with van der Waals surface area (Å²) >= 11 is 0. The summed E-state index contributed by atoms with van der Waals surface area (Å²) in [4.78, 5) is 10.6. The first-order valence-electron chi connectivity index (χ1n) is 6.85. The lowest BCUT2D eigenvalue weighted by molar-refractivity contribution is -0.385. The molecule has 0 bridgehead atoms. The van der Waals surface area contributed by atoms with Gasteiger partial charge in [-0.25, -0.2) is 0 Å². The Kier molecular flexibility index (Phi) is 4.64. The minimum absolute atomic E-state index is 0.0457. The molecule has 0 saturated carbocycles. The number of hydrogen-bond acceptors (Lipinski definition) is 6. The maximum absolute atomic E-state index is 11.0. The Bertz CT molecular complexity index is 639. The molecule has 1 heterocycles. The molecule has 0 aliphatic heterocycles. The molecule has 7 heteroatoms. The van der Waals surface area contributed by atoms with Gasteiger partial charge >= 0.3 is 0 Å². The zero-order chi connectivity index (χ0) is 15.4. The zero-order valence-electron chi connectivity index (χ0n) is 12.3. The predicted octanol–water partition coefficient (Wildman–Crippen LogP) is 3.01. The van der Waals surface area contributed by atoms with Crippen LogP contribution in [-0.4, -0.2) is 21.7 Å². The molecule has 0 aliphatic rings. The summed E-state index contributed by atoms with van der Waals surface area (Å²) in [7, 11) is 0. The molecule has 7 nitrogen and oxygen atoms in total. The van der Waals surface area contributed by atoms with Crippen molar-refractivity contribution in [3.8, 4) is 11.5 Å². The van der Waals surface area contributed by atoms with Crippen molar-refractivity contribution in [2.24, 2.45) is 0 Å². The second-order valence-electron chi connectivity index (χ2n) is 4.83. The van der Waals surface area contributed by atoms with Gasteiger partial charge in [-0.2, -0.15) is 0 Å². The van der Waals surface area contributed by atoms with E-state index in [1.54, 1.807) is 19.1 Å². The van der Waals surface area contributed by atoms with Gasteiger partial charge in [0.2, 0.25) is 11.8 Å². The number of nitro benzene ring substituents is 1. The molecule has 0 radical (unpaired) electrons. The molecule has 2 rings (SSSR count). The number of nitro groups is 1. The first-order valence-corrected chi connectivity index (χ1v) is 6.85. The smallest absolute Gasteiger partial charge is 0.273 e. The second kappa shape index (κ2) is 6.45. The summed E-state index contributed by atoms with van der Waals surface area (Å²) in [5.41, 5.74) is 1.15. The van der Waals surface area contributed by atoms with Crippen LogP contribution in [0.25, 0.3) is 11.5 Å². The predicted molar refractivity (Wildman–Crippen MR) is 77.8 cm³/mol. The standard InChI is InChI=1S/C14H18N4O3/c1-4-8-15-10(3)13-16-17-14(21-13)11-6-5-7-12(9(11)2)18(19)20/h5-7,10,15H,4,8H2,1-3H3. The second-order valence-corrected chi connectivity index (χ2v) is 4.83. The highest BCUT2D eigenvalue weighted by molar-refractivity contribution is 5.64. The van der Waals surface area contributed by atoms with Crippen molar-refractivity contribution in [1.29, 1.82) is 0 Å². The van der Waals surface area contributed by atoms with Crippen LogP contribution in [0.2, 0.25) is 0 Å². The minimum Gasteiger partial charge on any atom is -0.419 e. The quantitative estimate of drug-likeness (QED) is 0.649. The lowest BCUT2D eigenvalue weighted by atomic mass is 10.1. The number of hydrogen-bond donors (Lipinski definition) is 1. The van der Waals surface area contributed by atoms with Crippen molar-refractivity contribution in [2.75, 3.05) is 6.54 Å². The molecule has 21 heavy (non-hydrogen) atoms. The fourth-order valence-corrected chi connectivity index (χ4v) is 2.02. The maximum Gasteiger partial charge on any atom is 0.273 e. The van der Waals surface area contributed by atoms with Crippen LogP contribution < -0.4 is 5.32 Å². The molecule has 0 aliphatic carbocycles. The fraction of sp³-hybridized carbons (Fsp3) is 0.429. The van der Waals surface area contributed by atoms with Gasteiger partial charge in [-0.3, -0.25) is 10.1 Å². The van der Waals surface area contributed by atoms with Crippen molar-refractivity contribution >= 4 is 5.69 Å². The Morgan fingerprint density at radius 3 is 2.86 bits per heavy atom. The van der Waals surface area contributed by atoms with Crippen LogP contribution in [0.1, 0.15) is 37.8 Å². The number of nitrogens with one attached hydrogen (secondary N) is 1. The maximum atomic E-state index is 11.0. The van der Waals surface area contributed by atoms with Crippen LogP contribution in [0.3, 0.4) is 0 Å². The van der Waals surface area contributed by atoms with Crippen LogP contribution in [0.5, 0.6) is 0 Å². The highest BCUT2D eigenvalue weighted by atomic mass is 16.6. The lowest BCUT2D eigenvalue weighted by Crippen LogP contribution is -2.19. The first kappa shape index (κ1) is 15.1. The van der Waals surface area contributed by atoms with Gasteiger partial charge in [-0.05, 0) is 32.9 Å². The van der Waals surface area contributed by atoms with Gasteiger partial charge in [0, 0.05) is 17.2 Å². The first-order chi connectivity index (χ1) is 10.0. The van der Waals surface area contributed by atoms with Gasteiger partial charge in [-0.1, -0.05) is 13.0 Å². The monoisotopic (exact) mass is 290 g/mol. The highest BCUT2D eigenvalue weighted by Gasteiger charge is 2.19. The minimum atomic E-state index is -0.415. The summed E-state index contributed by atoms with van der Waals surface area (Å²) in [6.45, 7) is 6.55. The van der Waals surface area contributed by atoms with Crippen LogP contribution >= 0.6 is 0 Å². The normalized spacial score (nSPS) is 12.3. The lowest BCUT2D eigenvalue weighted by Gasteiger charge is -2.07. The number of aromatic nitrogens is 2. The van der Waals surface area contributed by atoms with Crippen molar-refractivity contribution in [3.05, 3.63) is 39.8 Å². The SMILES string of the molecule is CCCNC(C)c1nnc(-c2cccc([N+](=O)[O-])c2C)o1. The van der Waals surface area contributed by atoms with Crippen molar-refractivity contribution in [1.82, 2.24) is 15.5 Å². The van der Waals surface area contributed by atoms with Gasteiger partial charge in [-0.15, -0.1) is 10.2 Å². The summed E-state index contributed by atoms with van der Waals surface area (Å²) in [6, 6.07) is 4.76. The average Bonchev–Trinajstić information content (AvgIpc) is 2.94. The van der Waals surface area contributed by atoms with Gasteiger partial charge in [0.15, 0.2) is 0 Å². The van der Waals surface area contributed by atoms with Crippen LogP contribution in [-0.2, 0) is 0 Å². The molecule has 1 unspecified atom stereocenters. The van der Waals surface area contributed by atoms with Crippen LogP contribution in [0.15, 0.2) is 22.6 Å². The number of rotatable bonds is 6. The third-order valence-corrected chi connectivity index (χ3v) is 3.24. The molecule has 0 fully saturated rings. The van der Waals surface area contributed by atoms with Crippen molar-refractivity contribution < 1.29 is 9.34 Å². The number of benzene rings is 1. The van der Waals surface area contributed by atoms with E-state index in [1.807, 2.05) is 6.92 Å². The molecule has 1 aromatic heterocycles. The summed E-state index contributed by atoms with van der Waals surface area (Å²) in [6.07, 6.45) is 1.01. The third kappa shape index (κ3) is 3.25. The van der Waals surface area contributed by atoms with Gasteiger partial charge in [0.05, 0.1) is 11.0 Å². The molecule has 0 saturated heterocycles. The summed E-state index contributed by atoms with van der Waals surface area (Å²) in [5.74, 6) is 0.778. The Labute approximate surface area is 122 Å². The van der Waals surface area contributed by atoms with E-state index in [1.165, 1.54) is 6.07 Å². The van der Waals surface area contributed by atoms with Gasteiger partial charge in [0.1, 0.15) is 0 Å². The van der Waals surface area contributed by atoms with E-state index in [4.69, 9.17) is 4.42 Å². The fourth-order valence-electron chi connectivity index (χ4n) is 2.02. The van der Waals surface area contributed by atoms with Crippen molar-refractivity contribution in [3.63, 3.8) is 0 Å². The molecule has 1 atom stereocenters. The highest BCUT2D eigenvalue weighted by Crippen LogP contribution is 2.29. The molecular formula is C14H18N4O3. The topological polar surface area (TPSA) is 94.1 Å². The van der Waals surface area contributed by atoms with E-state index in [0.29, 0.717) is 22.9 Å². The van der Waals surface area contributed by atoms with E-state index in [-0.39, 0.29) is 11.7 Å². The zero-order valence-corrected chi connectivity index (χ0v) is 12.3. The van der Waals surface area contributed by atoms with E-state index in [9.17, 15) is 10.1 Å². The van der Waals surface area contributed by atoms with Crippen LogP contribution in [0, 0.1) is 17.0 Å². The van der Waals surface area contributed by atoms with Gasteiger partial charge in [0.25, 0.3) is 5.69 Å². The Hall–Kier alpha value is -2.28. The number of nitrogens with zero attached hydrogens (tertiary/aromatic N) is 3. The molecule has 1 aromatic carbocycles. The van der Waals surface area contributed by atoms with E-state index in [2.05, 4.69) is 22.4 Å². The van der Waals surface area contributed by atoms with E-state index >= 15 is 0 Å². The molecule has 0 spiro atoms. The largest absolute Gasteiger partial charge is 0.419 e.